The van der Waals surface area contributed by atoms with E-state index in [1.807, 2.05) is 0 Å². The molecule has 0 saturated heterocycles. The minimum Gasteiger partial charge on any atom is -0.286 e. The lowest BCUT2D eigenvalue weighted by Gasteiger charge is -2.34. The highest BCUT2D eigenvalue weighted by Crippen LogP contribution is 2.36. The molecule has 1 aliphatic heterocycles. The molecule has 0 bridgehead atoms. The normalized spacial score (nSPS) is 37.8. The molecule has 1 fully saturated rings. The molecule has 104 valence electrons. The summed E-state index contributed by atoms with van der Waals surface area (Å²) in [6.45, 7) is 2.32. The molecule has 0 N–H and O–H groups in total. The number of fused-ring (bicyclic) bond motifs is 1. The summed E-state index contributed by atoms with van der Waals surface area (Å²) in [4.78, 5) is 5.10. The number of nitrogens with zero attached hydrogens (tertiary/aromatic N) is 1. The lowest BCUT2D eigenvalue weighted by Crippen LogP contribution is -2.30. The van der Waals surface area contributed by atoms with Gasteiger partial charge in [0.05, 0.1) is 6.04 Å². The monoisotopic (exact) mass is 257 g/mol. The Morgan fingerprint density at radius 2 is 2.05 bits per heavy atom. The van der Waals surface area contributed by atoms with Crippen molar-refractivity contribution in [1.29, 1.82) is 0 Å². The molecule has 3 unspecified atom stereocenters. The van der Waals surface area contributed by atoms with Crippen LogP contribution in [0.25, 0.3) is 0 Å². The molecule has 0 amide bonds. The third-order valence-electron chi connectivity index (χ3n) is 5.22. The van der Waals surface area contributed by atoms with E-state index < -0.39 is 0 Å². The van der Waals surface area contributed by atoms with Gasteiger partial charge < -0.3 is 0 Å². The largest absolute Gasteiger partial charge is 0.286 e. The first-order valence-corrected chi connectivity index (χ1v) is 8.28. The number of allylic oxidation sites excluding steroid dienone is 2. The van der Waals surface area contributed by atoms with Crippen LogP contribution in [0.2, 0.25) is 0 Å². The maximum absolute atomic E-state index is 5.10. The van der Waals surface area contributed by atoms with Gasteiger partial charge in [-0.3, -0.25) is 4.99 Å². The predicted octanol–water partition coefficient (Wildman–Crippen LogP) is 4.94. The molecule has 1 heterocycles. The summed E-state index contributed by atoms with van der Waals surface area (Å²) >= 11 is 0. The second-order valence-corrected chi connectivity index (χ2v) is 6.60. The van der Waals surface area contributed by atoms with Crippen LogP contribution in [-0.4, -0.2) is 11.8 Å². The molecule has 0 spiro atoms. The lowest BCUT2D eigenvalue weighted by atomic mass is 9.74. The van der Waals surface area contributed by atoms with Crippen molar-refractivity contribution >= 4 is 5.71 Å². The van der Waals surface area contributed by atoms with Gasteiger partial charge in [-0.1, -0.05) is 56.9 Å². The SMILES string of the molecule is CCCC1CCCC(C2=N[C@@H]3C=CC=CC3CC2)C1. The van der Waals surface area contributed by atoms with Crippen molar-refractivity contribution in [3.05, 3.63) is 24.3 Å². The molecule has 1 heteroatoms. The molecule has 3 rings (SSSR count). The van der Waals surface area contributed by atoms with Gasteiger partial charge in [-0.2, -0.15) is 0 Å². The van der Waals surface area contributed by atoms with Gasteiger partial charge in [-0.25, -0.2) is 0 Å². The first-order valence-electron chi connectivity index (χ1n) is 8.28. The molecule has 0 radical (unpaired) electrons. The van der Waals surface area contributed by atoms with Gasteiger partial charge in [0.2, 0.25) is 0 Å². The summed E-state index contributed by atoms with van der Waals surface area (Å²) in [5.74, 6) is 2.47. The Balaban J connectivity index is 1.67. The minimum absolute atomic E-state index is 0.459. The molecule has 0 aromatic carbocycles. The average molecular weight is 257 g/mol. The first-order chi connectivity index (χ1) is 9.36. The van der Waals surface area contributed by atoms with Crippen LogP contribution in [0.3, 0.4) is 0 Å². The van der Waals surface area contributed by atoms with E-state index in [0.717, 1.165) is 11.8 Å². The Bertz CT molecular complexity index is 388. The summed E-state index contributed by atoms with van der Waals surface area (Å²) < 4.78 is 0. The van der Waals surface area contributed by atoms with Crippen LogP contribution in [0.5, 0.6) is 0 Å². The molecular formula is C18H27N. The van der Waals surface area contributed by atoms with Gasteiger partial charge in [-0.15, -0.1) is 0 Å². The molecule has 0 aromatic rings. The zero-order chi connectivity index (χ0) is 13.1. The van der Waals surface area contributed by atoms with Crippen molar-refractivity contribution in [3.8, 4) is 0 Å². The van der Waals surface area contributed by atoms with Gasteiger partial charge in [-0.05, 0) is 37.5 Å². The number of rotatable bonds is 3. The molecule has 2 aliphatic carbocycles. The summed E-state index contributed by atoms with van der Waals surface area (Å²) in [5.41, 5.74) is 1.56. The highest BCUT2D eigenvalue weighted by atomic mass is 14.8. The smallest absolute Gasteiger partial charge is 0.0745 e. The summed E-state index contributed by atoms with van der Waals surface area (Å²) in [7, 11) is 0. The third kappa shape index (κ3) is 3.01. The number of hydrogen-bond acceptors (Lipinski definition) is 1. The van der Waals surface area contributed by atoms with E-state index in [1.54, 1.807) is 5.71 Å². The van der Waals surface area contributed by atoms with E-state index in [0.29, 0.717) is 12.0 Å². The highest BCUT2D eigenvalue weighted by molar-refractivity contribution is 5.88. The van der Waals surface area contributed by atoms with Crippen molar-refractivity contribution in [2.45, 2.75) is 64.3 Å². The van der Waals surface area contributed by atoms with E-state index in [2.05, 4.69) is 31.2 Å². The fourth-order valence-corrected chi connectivity index (χ4v) is 4.19. The fourth-order valence-electron chi connectivity index (χ4n) is 4.19. The van der Waals surface area contributed by atoms with Crippen molar-refractivity contribution in [2.24, 2.45) is 22.7 Å². The second-order valence-electron chi connectivity index (χ2n) is 6.60. The lowest BCUT2D eigenvalue weighted by molar-refractivity contribution is 0.294. The van der Waals surface area contributed by atoms with Crippen LogP contribution in [-0.2, 0) is 0 Å². The predicted molar refractivity (Wildman–Crippen MR) is 82.6 cm³/mol. The number of hydrogen-bond donors (Lipinski definition) is 0. The molecule has 4 atom stereocenters. The van der Waals surface area contributed by atoms with Gasteiger partial charge in [0.15, 0.2) is 0 Å². The summed E-state index contributed by atoms with van der Waals surface area (Å²) in [5, 5.41) is 0. The third-order valence-corrected chi connectivity index (χ3v) is 5.22. The minimum atomic E-state index is 0.459. The van der Waals surface area contributed by atoms with Crippen molar-refractivity contribution in [3.63, 3.8) is 0 Å². The fraction of sp³-hybridized carbons (Fsp3) is 0.722. The van der Waals surface area contributed by atoms with Crippen LogP contribution in [0, 0.1) is 17.8 Å². The molecule has 1 saturated carbocycles. The second kappa shape index (κ2) is 6.07. The molecule has 3 aliphatic rings. The van der Waals surface area contributed by atoms with E-state index in [1.165, 1.54) is 51.4 Å². The summed E-state index contributed by atoms with van der Waals surface area (Å²) in [6.07, 6.45) is 20.1. The number of aliphatic imine (C=N–C) groups is 1. The Morgan fingerprint density at radius 1 is 1.16 bits per heavy atom. The molecule has 19 heavy (non-hydrogen) atoms. The topological polar surface area (TPSA) is 12.4 Å². The Kier molecular flexibility index (Phi) is 4.20. The van der Waals surface area contributed by atoms with E-state index in [4.69, 9.17) is 4.99 Å². The van der Waals surface area contributed by atoms with Gasteiger partial charge >= 0.3 is 0 Å². The Hall–Kier alpha value is -0.850. The average Bonchev–Trinajstić information content (AvgIpc) is 2.47. The molecule has 0 aromatic heterocycles. The maximum atomic E-state index is 5.10. The Morgan fingerprint density at radius 3 is 2.95 bits per heavy atom. The molecular weight excluding hydrogens is 230 g/mol. The Labute approximate surface area is 117 Å². The van der Waals surface area contributed by atoms with Crippen LogP contribution in [0.15, 0.2) is 29.3 Å². The highest BCUT2D eigenvalue weighted by Gasteiger charge is 2.30. The van der Waals surface area contributed by atoms with Crippen LogP contribution < -0.4 is 0 Å². The zero-order valence-electron chi connectivity index (χ0n) is 12.2. The molecule has 1 nitrogen and oxygen atoms in total. The van der Waals surface area contributed by atoms with Gasteiger partial charge in [0, 0.05) is 11.6 Å². The van der Waals surface area contributed by atoms with E-state index in [-0.39, 0.29) is 0 Å². The van der Waals surface area contributed by atoms with Gasteiger partial charge in [0.1, 0.15) is 0 Å². The van der Waals surface area contributed by atoms with Gasteiger partial charge in [0.25, 0.3) is 0 Å². The van der Waals surface area contributed by atoms with Crippen LogP contribution in [0.4, 0.5) is 0 Å². The maximum Gasteiger partial charge on any atom is 0.0745 e. The van der Waals surface area contributed by atoms with Crippen LogP contribution in [0.1, 0.15) is 58.3 Å². The van der Waals surface area contributed by atoms with E-state index in [9.17, 15) is 0 Å². The summed E-state index contributed by atoms with van der Waals surface area (Å²) in [6, 6.07) is 0.459. The van der Waals surface area contributed by atoms with E-state index >= 15 is 0 Å². The van der Waals surface area contributed by atoms with Crippen LogP contribution >= 0.6 is 0 Å². The first kappa shape index (κ1) is 13.1. The quantitative estimate of drug-likeness (QED) is 0.679. The zero-order valence-corrected chi connectivity index (χ0v) is 12.2. The van der Waals surface area contributed by atoms with Crippen molar-refractivity contribution in [1.82, 2.24) is 0 Å². The standard InChI is InChI=1S/C18H27N/c1-2-6-14-7-5-9-16(13-14)18-12-11-15-8-3-4-10-17(15)19-18/h3-4,8,10,14-17H,2,5-7,9,11-13H2,1H3/t14?,15?,16?,17-/m1/s1. The van der Waals surface area contributed by atoms with Crippen molar-refractivity contribution in [2.75, 3.05) is 0 Å². The van der Waals surface area contributed by atoms with Crippen molar-refractivity contribution < 1.29 is 0 Å².